The van der Waals surface area contributed by atoms with E-state index in [1.165, 1.54) is 12.8 Å². The number of nitrogens with one attached hydrogen (secondary N) is 2. The van der Waals surface area contributed by atoms with Crippen molar-refractivity contribution in [1.29, 1.82) is 0 Å². The fourth-order valence-corrected chi connectivity index (χ4v) is 3.21. The van der Waals surface area contributed by atoms with Crippen molar-refractivity contribution in [3.8, 4) is 0 Å². The number of ketones is 1. The first-order valence-electron chi connectivity index (χ1n) is 8.35. The highest BCUT2D eigenvalue weighted by Crippen LogP contribution is 2.18. The number of hydrogen-bond donors (Lipinski definition) is 2. The average molecular weight is 316 g/mol. The molecule has 2 aliphatic heterocycles. The van der Waals surface area contributed by atoms with Crippen molar-refractivity contribution < 1.29 is 9.59 Å². The maximum atomic E-state index is 12.1. The summed E-state index contributed by atoms with van der Waals surface area (Å²) in [4.78, 5) is 30.3. The fraction of sp³-hybridized carbons (Fsp3) is 0.588. The molecule has 6 heteroatoms. The molecular formula is C17H24N4O2. The van der Waals surface area contributed by atoms with E-state index in [0.717, 1.165) is 24.5 Å². The largest absolute Gasteiger partial charge is 0.357 e. The van der Waals surface area contributed by atoms with E-state index >= 15 is 0 Å². The number of Topliss-reactive ketones (excluding diaryl/α,β-unsaturated/α-hetero) is 1. The van der Waals surface area contributed by atoms with E-state index in [4.69, 9.17) is 0 Å². The summed E-state index contributed by atoms with van der Waals surface area (Å²) in [5.41, 5.74) is 0.988. The van der Waals surface area contributed by atoms with Gasteiger partial charge in [-0.3, -0.25) is 9.59 Å². The second-order valence-electron chi connectivity index (χ2n) is 6.44. The molecule has 6 nitrogen and oxygen atoms in total. The van der Waals surface area contributed by atoms with Gasteiger partial charge in [0.25, 0.3) is 0 Å². The summed E-state index contributed by atoms with van der Waals surface area (Å²) < 4.78 is 0. The van der Waals surface area contributed by atoms with E-state index in [0.29, 0.717) is 19.5 Å². The van der Waals surface area contributed by atoms with E-state index < -0.39 is 0 Å². The van der Waals surface area contributed by atoms with Crippen LogP contribution in [0, 0.1) is 5.92 Å². The molecule has 2 saturated heterocycles. The Kier molecular flexibility index (Phi) is 4.91. The Morgan fingerprint density at radius 1 is 1.35 bits per heavy atom. The van der Waals surface area contributed by atoms with Crippen molar-refractivity contribution in [2.45, 2.75) is 38.8 Å². The molecule has 23 heavy (non-hydrogen) atoms. The summed E-state index contributed by atoms with van der Waals surface area (Å²) in [6.45, 7) is 4.80. The highest BCUT2D eigenvalue weighted by Gasteiger charge is 2.31. The molecule has 2 aliphatic rings. The van der Waals surface area contributed by atoms with Crippen molar-refractivity contribution in [1.82, 2.24) is 15.6 Å². The fourth-order valence-electron chi connectivity index (χ4n) is 3.21. The zero-order chi connectivity index (χ0) is 16.2. The van der Waals surface area contributed by atoms with Gasteiger partial charge in [-0.2, -0.15) is 0 Å². The first kappa shape index (κ1) is 15.9. The summed E-state index contributed by atoms with van der Waals surface area (Å²) in [5.74, 6) is 1.08. The Morgan fingerprint density at radius 3 is 2.74 bits per heavy atom. The number of rotatable bonds is 5. The Bertz CT molecular complexity index is 566. The predicted octanol–water partition coefficient (Wildman–Crippen LogP) is 0.865. The van der Waals surface area contributed by atoms with E-state index in [1.54, 1.807) is 6.92 Å². The quantitative estimate of drug-likeness (QED) is 0.843. The number of anilines is 1. The van der Waals surface area contributed by atoms with Crippen molar-refractivity contribution >= 4 is 17.5 Å². The van der Waals surface area contributed by atoms with Gasteiger partial charge in [0.2, 0.25) is 5.91 Å². The van der Waals surface area contributed by atoms with E-state index in [9.17, 15) is 9.59 Å². The smallest absolute Gasteiger partial charge is 0.237 e. The lowest BCUT2D eigenvalue weighted by Crippen LogP contribution is -2.40. The number of hydrogen-bond acceptors (Lipinski definition) is 5. The van der Waals surface area contributed by atoms with Gasteiger partial charge in [-0.25, -0.2) is 4.98 Å². The summed E-state index contributed by atoms with van der Waals surface area (Å²) in [7, 11) is 0. The molecule has 124 valence electrons. The topological polar surface area (TPSA) is 74.3 Å². The molecule has 1 amide bonds. The lowest BCUT2D eigenvalue weighted by molar-refractivity contribution is -0.123. The maximum Gasteiger partial charge on any atom is 0.237 e. The van der Waals surface area contributed by atoms with E-state index in [2.05, 4.69) is 20.5 Å². The lowest BCUT2D eigenvalue weighted by Gasteiger charge is -2.16. The minimum atomic E-state index is -0.263. The van der Waals surface area contributed by atoms with Gasteiger partial charge in [-0.1, -0.05) is 6.07 Å². The Morgan fingerprint density at radius 2 is 2.13 bits per heavy atom. The second kappa shape index (κ2) is 7.08. The first-order valence-corrected chi connectivity index (χ1v) is 8.35. The van der Waals surface area contributed by atoms with Crippen LogP contribution in [0.15, 0.2) is 18.3 Å². The monoisotopic (exact) mass is 316 g/mol. The molecule has 2 unspecified atom stereocenters. The van der Waals surface area contributed by atoms with Crippen LogP contribution < -0.4 is 15.5 Å². The van der Waals surface area contributed by atoms with Gasteiger partial charge in [0.05, 0.1) is 6.04 Å². The zero-order valence-electron chi connectivity index (χ0n) is 13.5. The zero-order valence-corrected chi connectivity index (χ0v) is 13.5. The maximum absolute atomic E-state index is 12.1. The summed E-state index contributed by atoms with van der Waals surface area (Å²) in [6, 6.07) is 3.77. The molecule has 0 radical (unpaired) electrons. The van der Waals surface area contributed by atoms with Crippen LogP contribution in [0.25, 0.3) is 0 Å². The van der Waals surface area contributed by atoms with Crippen LogP contribution in [0.2, 0.25) is 0 Å². The van der Waals surface area contributed by atoms with Crippen molar-refractivity contribution in [3.05, 3.63) is 23.9 Å². The first-order chi connectivity index (χ1) is 11.1. The molecule has 0 spiro atoms. The minimum absolute atomic E-state index is 0.0350. The van der Waals surface area contributed by atoms with Crippen LogP contribution in [0.4, 0.5) is 5.82 Å². The number of nitrogens with zero attached hydrogens (tertiary/aromatic N) is 2. The highest BCUT2D eigenvalue weighted by molar-refractivity contribution is 5.85. The number of carbonyl (C=O) groups excluding carboxylic acids is 2. The summed E-state index contributed by atoms with van der Waals surface area (Å²) in [6.07, 6.45) is 4.88. The van der Waals surface area contributed by atoms with Crippen LogP contribution in [0.3, 0.4) is 0 Å². The van der Waals surface area contributed by atoms with E-state index in [1.807, 2.05) is 18.3 Å². The van der Waals surface area contributed by atoms with Crippen molar-refractivity contribution in [2.24, 2.45) is 5.92 Å². The SMILES string of the molecule is CC(=O)C1CNC(C(=O)NCc2ccc(N3CCCC3)nc2)C1. The van der Waals surface area contributed by atoms with Crippen LogP contribution in [0.1, 0.15) is 31.7 Å². The number of aromatic nitrogens is 1. The molecule has 2 atom stereocenters. The molecule has 1 aromatic heterocycles. The molecule has 0 saturated carbocycles. The molecule has 3 heterocycles. The van der Waals surface area contributed by atoms with Gasteiger partial charge < -0.3 is 15.5 Å². The van der Waals surface area contributed by atoms with Gasteiger partial charge in [0, 0.05) is 38.3 Å². The van der Waals surface area contributed by atoms with Crippen LogP contribution in [-0.2, 0) is 16.1 Å². The standard InChI is InChI=1S/C17H24N4O2/c1-12(22)14-8-15(18-11-14)17(23)20-10-13-4-5-16(19-9-13)21-6-2-3-7-21/h4-5,9,14-15,18H,2-3,6-8,10-11H2,1H3,(H,20,23). The van der Waals surface area contributed by atoms with Crippen LogP contribution in [-0.4, -0.2) is 42.4 Å². The average Bonchev–Trinajstić information content (AvgIpc) is 3.24. The highest BCUT2D eigenvalue weighted by atomic mass is 16.2. The molecule has 3 rings (SSSR count). The lowest BCUT2D eigenvalue weighted by atomic mass is 10.0. The second-order valence-corrected chi connectivity index (χ2v) is 6.44. The third-order valence-electron chi connectivity index (χ3n) is 4.73. The van der Waals surface area contributed by atoms with Gasteiger partial charge in [-0.05, 0) is 37.8 Å². The molecular weight excluding hydrogens is 292 g/mol. The van der Waals surface area contributed by atoms with Gasteiger partial charge in [0.15, 0.2) is 0 Å². The van der Waals surface area contributed by atoms with Crippen molar-refractivity contribution in [3.63, 3.8) is 0 Å². The predicted molar refractivity (Wildman–Crippen MR) is 88.1 cm³/mol. The van der Waals surface area contributed by atoms with Crippen LogP contribution >= 0.6 is 0 Å². The van der Waals surface area contributed by atoms with E-state index in [-0.39, 0.29) is 23.7 Å². The normalized spacial score (nSPS) is 24.0. The molecule has 1 aromatic rings. The molecule has 2 fully saturated rings. The van der Waals surface area contributed by atoms with Gasteiger partial charge in [0.1, 0.15) is 11.6 Å². The molecule has 0 aromatic carbocycles. The van der Waals surface area contributed by atoms with Gasteiger partial charge in [-0.15, -0.1) is 0 Å². The number of pyridine rings is 1. The molecule has 0 bridgehead atoms. The third-order valence-corrected chi connectivity index (χ3v) is 4.73. The van der Waals surface area contributed by atoms with Crippen molar-refractivity contribution in [2.75, 3.05) is 24.5 Å². The third kappa shape index (κ3) is 3.88. The summed E-state index contributed by atoms with van der Waals surface area (Å²) >= 11 is 0. The molecule has 2 N–H and O–H groups in total. The van der Waals surface area contributed by atoms with Gasteiger partial charge >= 0.3 is 0 Å². The number of amides is 1. The summed E-state index contributed by atoms with van der Waals surface area (Å²) in [5, 5.41) is 6.04. The Balaban J connectivity index is 1.48. The Labute approximate surface area is 136 Å². The minimum Gasteiger partial charge on any atom is -0.357 e. The number of carbonyl (C=O) groups is 2. The Hall–Kier alpha value is -1.95. The molecule has 0 aliphatic carbocycles. The van der Waals surface area contributed by atoms with Crippen LogP contribution in [0.5, 0.6) is 0 Å².